The van der Waals surface area contributed by atoms with Crippen molar-refractivity contribution in [3.63, 3.8) is 0 Å². The third kappa shape index (κ3) is 2.25. The molecule has 1 aromatic carbocycles. The molecule has 0 aliphatic rings. The van der Waals surface area contributed by atoms with E-state index >= 15 is 0 Å². The van der Waals surface area contributed by atoms with Gasteiger partial charge < -0.3 is 10.2 Å². The molecule has 1 rings (SSSR count). The predicted octanol–water partition coefficient (Wildman–Crippen LogP) is 1.50. The van der Waals surface area contributed by atoms with Crippen molar-refractivity contribution < 1.29 is 14.9 Å². The Morgan fingerprint density at radius 2 is 2.33 bits per heavy atom. The highest BCUT2D eigenvalue weighted by atomic mass is 17.1. The van der Waals surface area contributed by atoms with E-state index in [4.69, 9.17) is 5.26 Å². The molecule has 4 heteroatoms. The third-order valence-corrected chi connectivity index (χ3v) is 1.26. The van der Waals surface area contributed by atoms with Gasteiger partial charge in [-0.15, -0.1) is 0 Å². The highest BCUT2D eigenvalue weighted by molar-refractivity contribution is 5.88. The zero-order valence-corrected chi connectivity index (χ0v) is 6.57. The lowest BCUT2D eigenvalue weighted by Gasteiger charge is -2.02. The van der Waals surface area contributed by atoms with Gasteiger partial charge in [0.2, 0.25) is 5.91 Å². The zero-order chi connectivity index (χ0) is 8.97. The van der Waals surface area contributed by atoms with Crippen molar-refractivity contribution >= 4 is 11.6 Å². The third-order valence-electron chi connectivity index (χ3n) is 1.26. The first-order valence-electron chi connectivity index (χ1n) is 3.41. The molecule has 12 heavy (non-hydrogen) atoms. The fourth-order valence-corrected chi connectivity index (χ4v) is 0.834. The Labute approximate surface area is 69.7 Å². The maximum Gasteiger partial charge on any atom is 0.221 e. The lowest BCUT2D eigenvalue weighted by atomic mass is 10.3. The van der Waals surface area contributed by atoms with E-state index in [1.807, 2.05) is 0 Å². The minimum atomic E-state index is -0.162. The first-order valence-corrected chi connectivity index (χ1v) is 3.41. The van der Waals surface area contributed by atoms with Gasteiger partial charge in [-0.05, 0) is 12.1 Å². The Hall–Kier alpha value is -1.55. The van der Waals surface area contributed by atoms with Gasteiger partial charge in [0.15, 0.2) is 5.75 Å². The highest BCUT2D eigenvalue weighted by Crippen LogP contribution is 2.16. The summed E-state index contributed by atoms with van der Waals surface area (Å²) in [7, 11) is 0. The lowest BCUT2D eigenvalue weighted by molar-refractivity contribution is -0.137. The van der Waals surface area contributed by atoms with Crippen LogP contribution in [0.5, 0.6) is 5.75 Å². The van der Waals surface area contributed by atoms with Gasteiger partial charge in [-0.3, -0.25) is 4.79 Å². The number of carbonyl (C=O) groups is 1. The quantitative estimate of drug-likeness (QED) is 0.518. The second kappa shape index (κ2) is 3.73. The number of anilines is 1. The molecular weight excluding hydrogens is 158 g/mol. The van der Waals surface area contributed by atoms with Gasteiger partial charge in [0.25, 0.3) is 0 Å². The van der Waals surface area contributed by atoms with Crippen molar-refractivity contribution in [3.05, 3.63) is 24.3 Å². The van der Waals surface area contributed by atoms with E-state index in [1.54, 1.807) is 18.2 Å². The summed E-state index contributed by atoms with van der Waals surface area (Å²) in [6.07, 6.45) is 0. The van der Waals surface area contributed by atoms with Crippen LogP contribution in [0.3, 0.4) is 0 Å². The molecule has 0 fully saturated rings. The molecule has 2 N–H and O–H groups in total. The molecular formula is C8H9NO3. The van der Waals surface area contributed by atoms with Crippen molar-refractivity contribution in [3.8, 4) is 5.75 Å². The SMILES string of the molecule is CC(=O)Nc1cccc(OO)c1. The van der Waals surface area contributed by atoms with Crippen LogP contribution in [0, 0.1) is 0 Å². The maximum atomic E-state index is 10.6. The van der Waals surface area contributed by atoms with Crippen LogP contribution in [0.15, 0.2) is 24.3 Å². The van der Waals surface area contributed by atoms with Gasteiger partial charge in [0.05, 0.1) is 0 Å². The number of hydrogen-bond acceptors (Lipinski definition) is 3. The zero-order valence-electron chi connectivity index (χ0n) is 6.57. The van der Waals surface area contributed by atoms with Crippen molar-refractivity contribution in [2.45, 2.75) is 6.92 Å². The van der Waals surface area contributed by atoms with Crippen molar-refractivity contribution in [2.75, 3.05) is 5.32 Å². The smallest absolute Gasteiger partial charge is 0.221 e. The van der Waals surface area contributed by atoms with Crippen molar-refractivity contribution in [2.24, 2.45) is 0 Å². The number of nitrogens with one attached hydrogen (secondary N) is 1. The number of hydrogen-bond donors (Lipinski definition) is 2. The van der Waals surface area contributed by atoms with Gasteiger partial charge in [0.1, 0.15) is 0 Å². The fraction of sp³-hybridized carbons (Fsp3) is 0.125. The van der Waals surface area contributed by atoms with Gasteiger partial charge in [-0.2, -0.15) is 0 Å². The van der Waals surface area contributed by atoms with E-state index in [0.717, 1.165) is 0 Å². The minimum absolute atomic E-state index is 0.162. The van der Waals surface area contributed by atoms with Crippen LogP contribution in [0.1, 0.15) is 6.92 Å². The van der Waals surface area contributed by atoms with E-state index in [1.165, 1.54) is 13.0 Å². The molecule has 0 saturated heterocycles. The van der Waals surface area contributed by atoms with Crippen molar-refractivity contribution in [1.29, 1.82) is 0 Å². The number of carbonyl (C=O) groups excluding carboxylic acids is 1. The summed E-state index contributed by atoms with van der Waals surface area (Å²) in [4.78, 5) is 14.6. The fourth-order valence-electron chi connectivity index (χ4n) is 0.834. The van der Waals surface area contributed by atoms with Crippen LogP contribution in [0.4, 0.5) is 5.69 Å². The molecule has 0 radical (unpaired) electrons. The molecule has 0 bridgehead atoms. The summed E-state index contributed by atoms with van der Waals surface area (Å²) < 4.78 is 0. The summed E-state index contributed by atoms with van der Waals surface area (Å²) in [5.41, 5.74) is 0.592. The lowest BCUT2D eigenvalue weighted by Crippen LogP contribution is -2.05. The summed E-state index contributed by atoms with van der Waals surface area (Å²) >= 11 is 0. The molecule has 4 nitrogen and oxygen atoms in total. The largest absolute Gasteiger partial charge is 0.340 e. The highest BCUT2D eigenvalue weighted by Gasteiger charge is 1.97. The van der Waals surface area contributed by atoms with Crippen LogP contribution < -0.4 is 10.2 Å². The molecule has 0 saturated carbocycles. The monoisotopic (exact) mass is 167 g/mol. The summed E-state index contributed by atoms with van der Waals surface area (Å²) in [6.45, 7) is 1.41. The summed E-state index contributed by atoms with van der Waals surface area (Å²) in [6, 6.07) is 6.45. The molecule has 1 aromatic rings. The number of rotatable bonds is 2. The van der Waals surface area contributed by atoms with E-state index in [-0.39, 0.29) is 5.91 Å². The van der Waals surface area contributed by atoms with E-state index in [2.05, 4.69) is 10.2 Å². The maximum absolute atomic E-state index is 10.6. The Bertz CT molecular complexity index is 285. The summed E-state index contributed by atoms with van der Waals surface area (Å²) in [5.74, 6) is 0.131. The van der Waals surface area contributed by atoms with Gasteiger partial charge >= 0.3 is 0 Å². The molecule has 64 valence electrons. The molecule has 0 aliphatic heterocycles. The molecule has 0 atom stereocenters. The summed E-state index contributed by atoms with van der Waals surface area (Å²) in [5, 5.41) is 10.8. The average molecular weight is 167 g/mol. The number of benzene rings is 1. The van der Waals surface area contributed by atoms with E-state index in [9.17, 15) is 4.79 Å². The first kappa shape index (κ1) is 8.55. The van der Waals surface area contributed by atoms with Crippen LogP contribution in [0.25, 0.3) is 0 Å². The molecule has 0 spiro atoms. The minimum Gasteiger partial charge on any atom is -0.340 e. The average Bonchev–Trinajstić information content (AvgIpc) is 2.03. The Morgan fingerprint density at radius 3 is 2.92 bits per heavy atom. The molecule has 0 unspecified atom stereocenters. The topological polar surface area (TPSA) is 58.6 Å². The van der Waals surface area contributed by atoms with Crippen molar-refractivity contribution in [1.82, 2.24) is 0 Å². The van der Waals surface area contributed by atoms with E-state index < -0.39 is 0 Å². The Balaban J connectivity index is 2.79. The standard InChI is InChI=1S/C8H9NO3/c1-6(10)9-7-3-2-4-8(5-7)12-11/h2-5,11H,1H3,(H,9,10). The normalized spacial score (nSPS) is 9.17. The van der Waals surface area contributed by atoms with Crippen LogP contribution in [-0.4, -0.2) is 11.2 Å². The Kier molecular flexibility index (Phi) is 2.66. The second-order valence-electron chi connectivity index (χ2n) is 2.30. The predicted molar refractivity (Wildman–Crippen MR) is 44.0 cm³/mol. The van der Waals surface area contributed by atoms with Crippen LogP contribution >= 0.6 is 0 Å². The first-order chi connectivity index (χ1) is 5.72. The molecule has 0 aromatic heterocycles. The van der Waals surface area contributed by atoms with Gasteiger partial charge in [-0.1, -0.05) is 6.07 Å². The van der Waals surface area contributed by atoms with Gasteiger partial charge in [-0.25, -0.2) is 5.26 Å². The van der Waals surface area contributed by atoms with Gasteiger partial charge in [0, 0.05) is 18.7 Å². The van der Waals surface area contributed by atoms with E-state index in [0.29, 0.717) is 11.4 Å². The number of amides is 1. The van der Waals surface area contributed by atoms with Crippen LogP contribution in [-0.2, 0) is 4.79 Å². The second-order valence-corrected chi connectivity index (χ2v) is 2.30. The van der Waals surface area contributed by atoms with Crippen LogP contribution in [0.2, 0.25) is 0 Å². The molecule has 0 heterocycles. The molecule has 1 amide bonds. The Morgan fingerprint density at radius 1 is 1.58 bits per heavy atom. The molecule has 0 aliphatic carbocycles.